The Morgan fingerprint density at radius 2 is 2.00 bits per heavy atom. The van der Waals surface area contributed by atoms with Crippen molar-refractivity contribution >= 4 is 33.1 Å². The Morgan fingerprint density at radius 3 is 2.68 bits per heavy atom. The predicted octanol–water partition coefficient (Wildman–Crippen LogP) is 3.90. The number of hydrogen-bond acceptors (Lipinski definition) is 4. The van der Waals surface area contributed by atoms with Crippen LogP contribution in [0.25, 0.3) is 10.2 Å². The molecule has 0 aliphatic heterocycles. The number of nitrogens with zero attached hydrogens (tertiary/aromatic N) is 2. The molecule has 0 saturated carbocycles. The predicted molar refractivity (Wildman–Crippen MR) is 103 cm³/mol. The van der Waals surface area contributed by atoms with Gasteiger partial charge in [-0.25, -0.2) is 4.98 Å². The summed E-state index contributed by atoms with van der Waals surface area (Å²) < 4.78 is 1.43. The monoisotopic (exact) mass is 355 g/mol. The van der Waals surface area contributed by atoms with E-state index < -0.39 is 0 Å². The molecule has 0 spiro atoms. The fourth-order valence-electron chi connectivity index (χ4n) is 2.75. The van der Waals surface area contributed by atoms with Gasteiger partial charge in [0.15, 0.2) is 0 Å². The summed E-state index contributed by atoms with van der Waals surface area (Å²) in [5.41, 5.74) is 2.58. The van der Waals surface area contributed by atoms with Gasteiger partial charge in [0, 0.05) is 12.7 Å². The Hall–Kier alpha value is -2.47. The van der Waals surface area contributed by atoms with Gasteiger partial charge in [-0.1, -0.05) is 25.5 Å². The van der Waals surface area contributed by atoms with Gasteiger partial charge in [0.2, 0.25) is 0 Å². The minimum Gasteiger partial charge on any atom is -0.321 e. The third-order valence-electron chi connectivity index (χ3n) is 4.25. The van der Waals surface area contributed by atoms with Crippen LogP contribution in [0, 0.1) is 6.92 Å². The Kier molecular flexibility index (Phi) is 4.99. The lowest BCUT2D eigenvalue weighted by molar-refractivity contribution is 0.103. The van der Waals surface area contributed by atoms with Crippen LogP contribution in [0.15, 0.2) is 35.4 Å². The molecule has 3 aromatic rings. The van der Waals surface area contributed by atoms with E-state index in [9.17, 15) is 9.59 Å². The molecular formula is C19H21N3O2S. The Labute approximate surface area is 150 Å². The van der Waals surface area contributed by atoms with Crippen LogP contribution in [0.2, 0.25) is 0 Å². The lowest BCUT2D eigenvalue weighted by Crippen LogP contribution is -2.17. The van der Waals surface area contributed by atoms with Gasteiger partial charge in [0.05, 0.1) is 16.6 Å². The number of rotatable bonds is 5. The average molecular weight is 355 g/mol. The second-order valence-corrected chi connectivity index (χ2v) is 7.15. The molecule has 0 radical (unpaired) electrons. The van der Waals surface area contributed by atoms with Crippen LogP contribution in [0.4, 0.5) is 5.69 Å². The van der Waals surface area contributed by atoms with E-state index >= 15 is 0 Å². The summed E-state index contributed by atoms with van der Waals surface area (Å²) in [5, 5.41) is 3.44. The molecule has 0 atom stereocenters. The van der Waals surface area contributed by atoms with Crippen LogP contribution in [-0.4, -0.2) is 15.5 Å². The number of nitrogens with one attached hydrogen (secondary N) is 1. The number of benzene rings is 1. The SMILES string of the molecule is CCCCc1ccc(NC(=O)c2sc3ncn(C)c(=O)c3c2C)cc1. The van der Waals surface area contributed by atoms with Crippen LogP contribution in [0.3, 0.4) is 0 Å². The first-order valence-electron chi connectivity index (χ1n) is 8.36. The van der Waals surface area contributed by atoms with Gasteiger partial charge in [-0.2, -0.15) is 0 Å². The van der Waals surface area contributed by atoms with Crippen molar-refractivity contribution in [3.8, 4) is 0 Å². The number of hydrogen-bond donors (Lipinski definition) is 1. The number of anilines is 1. The van der Waals surface area contributed by atoms with Crippen LogP contribution in [0.5, 0.6) is 0 Å². The molecule has 130 valence electrons. The van der Waals surface area contributed by atoms with Gasteiger partial charge in [-0.3, -0.25) is 9.59 Å². The summed E-state index contributed by atoms with van der Waals surface area (Å²) in [6.45, 7) is 3.97. The highest BCUT2D eigenvalue weighted by atomic mass is 32.1. The second-order valence-electron chi connectivity index (χ2n) is 6.15. The maximum Gasteiger partial charge on any atom is 0.266 e. The number of aryl methyl sites for hydroxylation is 3. The number of aromatic nitrogens is 2. The Morgan fingerprint density at radius 1 is 1.28 bits per heavy atom. The molecule has 0 bridgehead atoms. The third-order valence-corrected chi connectivity index (χ3v) is 5.45. The Balaban J connectivity index is 1.84. The molecule has 0 unspecified atom stereocenters. The molecule has 1 aromatic carbocycles. The minimum atomic E-state index is -0.205. The largest absolute Gasteiger partial charge is 0.321 e. The summed E-state index contributed by atoms with van der Waals surface area (Å²) in [5.74, 6) is -0.205. The molecule has 1 N–H and O–H groups in total. The maximum absolute atomic E-state index is 12.6. The summed E-state index contributed by atoms with van der Waals surface area (Å²) in [6, 6.07) is 7.92. The average Bonchev–Trinajstić information content (AvgIpc) is 2.95. The van der Waals surface area contributed by atoms with Crippen LogP contribution < -0.4 is 10.9 Å². The molecule has 0 aliphatic carbocycles. The number of fused-ring (bicyclic) bond motifs is 1. The number of thiophene rings is 1. The van der Waals surface area contributed by atoms with Gasteiger partial charge in [0.1, 0.15) is 4.83 Å². The summed E-state index contributed by atoms with van der Waals surface area (Å²) >= 11 is 1.25. The van der Waals surface area contributed by atoms with Crippen molar-refractivity contribution in [3.63, 3.8) is 0 Å². The fourth-order valence-corrected chi connectivity index (χ4v) is 3.78. The van der Waals surface area contributed by atoms with Crippen molar-refractivity contribution in [1.82, 2.24) is 9.55 Å². The minimum absolute atomic E-state index is 0.127. The van der Waals surface area contributed by atoms with Gasteiger partial charge >= 0.3 is 0 Å². The van der Waals surface area contributed by atoms with Crippen molar-refractivity contribution in [2.75, 3.05) is 5.32 Å². The van der Waals surface area contributed by atoms with Gasteiger partial charge in [-0.05, 0) is 43.0 Å². The number of carbonyl (C=O) groups is 1. The maximum atomic E-state index is 12.6. The summed E-state index contributed by atoms with van der Waals surface area (Å²) in [4.78, 5) is 30.3. The van der Waals surface area contributed by atoms with E-state index in [2.05, 4.69) is 17.2 Å². The van der Waals surface area contributed by atoms with E-state index in [4.69, 9.17) is 0 Å². The van der Waals surface area contributed by atoms with Crippen LogP contribution >= 0.6 is 11.3 Å². The quantitative estimate of drug-likeness (QED) is 0.755. The zero-order chi connectivity index (χ0) is 18.0. The molecule has 0 fully saturated rings. The number of carbonyl (C=O) groups excluding carboxylic acids is 1. The second kappa shape index (κ2) is 7.19. The molecule has 0 aliphatic rings. The molecule has 2 aromatic heterocycles. The highest BCUT2D eigenvalue weighted by molar-refractivity contribution is 7.20. The van der Waals surface area contributed by atoms with Crippen molar-refractivity contribution in [1.29, 1.82) is 0 Å². The van der Waals surface area contributed by atoms with E-state index in [1.807, 2.05) is 24.3 Å². The highest BCUT2D eigenvalue weighted by Gasteiger charge is 2.19. The molecule has 2 heterocycles. The number of unbranched alkanes of at least 4 members (excludes halogenated alkanes) is 1. The van der Waals surface area contributed by atoms with Crippen molar-refractivity contribution in [2.24, 2.45) is 7.05 Å². The van der Waals surface area contributed by atoms with Gasteiger partial charge in [-0.15, -0.1) is 11.3 Å². The van der Waals surface area contributed by atoms with Crippen molar-refractivity contribution in [3.05, 3.63) is 57.0 Å². The molecule has 5 nitrogen and oxygen atoms in total. The lowest BCUT2D eigenvalue weighted by atomic mass is 10.1. The normalized spacial score (nSPS) is 11.0. The number of amides is 1. The first kappa shape index (κ1) is 17.4. The van der Waals surface area contributed by atoms with E-state index in [1.165, 1.54) is 27.8 Å². The summed E-state index contributed by atoms with van der Waals surface area (Å²) in [7, 11) is 1.66. The standard InChI is InChI=1S/C19H21N3O2S/c1-4-5-6-13-7-9-14(10-8-13)21-17(23)16-12(2)15-18(25-16)20-11-22(3)19(15)24/h7-11H,4-6H2,1-3H3,(H,21,23). The van der Waals surface area contributed by atoms with Crippen molar-refractivity contribution in [2.45, 2.75) is 33.1 Å². The van der Waals surface area contributed by atoms with Gasteiger partial charge < -0.3 is 9.88 Å². The van der Waals surface area contributed by atoms with E-state index in [0.717, 1.165) is 24.9 Å². The molecule has 25 heavy (non-hydrogen) atoms. The molecule has 1 amide bonds. The zero-order valence-corrected chi connectivity index (χ0v) is 15.4. The molecule has 6 heteroatoms. The van der Waals surface area contributed by atoms with Gasteiger partial charge in [0.25, 0.3) is 11.5 Å². The zero-order valence-electron chi connectivity index (χ0n) is 14.6. The Bertz CT molecular complexity index is 971. The highest BCUT2D eigenvalue weighted by Crippen LogP contribution is 2.27. The topological polar surface area (TPSA) is 64.0 Å². The van der Waals surface area contributed by atoms with E-state index in [-0.39, 0.29) is 11.5 Å². The molecular weight excluding hydrogens is 334 g/mol. The van der Waals surface area contributed by atoms with Crippen LogP contribution in [0.1, 0.15) is 40.6 Å². The first-order valence-corrected chi connectivity index (χ1v) is 9.18. The first-order chi connectivity index (χ1) is 12.0. The van der Waals surface area contributed by atoms with E-state index in [0.29, 0.717) is 20.7 Å². The fraction of sp³-hybridized carbons (Fsp3) is 0.316. The van der Waals surface area contributed by atoms with E-state index in [1.54, 1.807) is 14.0 Å². The smallest absolute Gasteiger partial charge is 0.266 e. The molecule has 3 rings (SSSR count). The van der Waals surface area contributed by atoms with Crippen molar-refractivity contribution < 1.29 is 4.79 Å². The summed E-state index contributed by atoms with van der Waals surface area (Å²) in [6.07, 6.45) is 4.86. The molecule has 0 saturated heterocycles. The van der Waals surface area contributed by atoms with Crippen LogP contribution in [-0.2, 0) is 13.5 Å². The third kappa shape index (κ3) is 3.49. The lowest BCUT2D eigenvalue weighted by Gasteiger charge is -2.06.